The quantitative estimate of drug-likeness (QED) is 0.891. The molecule has 5 heteroatoms. The van der Waals surface area contributed by atoms with Crippen LogP contribution in [0.15, 0.2) is 18.3 Å². The van der Waals surface area contributed by atoms with Gasteiger partial charge in [0.1, 0.15) is 0 Å². The molecule has 1 fully saturated rings. The molecule has 0 aliphatic heterocycles. The number of nitrogens with one attached hydrogen (secondary N) is 1. The van der Waals surface area contributed by atoms with E-state index in [-0.39, 0.29) is 24.8 Å². The summed E-state index contributed by atoms with van der Waals surface area (Å²) in [6.07, 6.45) is -0.460. The summed E-state index contributed by atoms with van der Waals surface area (Å²) in [6.45, 7) is 4.76. The Labute approximate surface area is 124 Å². The average molecular weight is 300 g/mol. The van der Waals surface area contributed by atoms with Crippen molar-refractivity contribution in [3.8, 4) is 0 Å². The molecule has 1 atom stereocenters. The van der Waals surface area contributed by atoms with E-state index in [2.05, 4.69) is 10.3 Å². The van der Waals surface area contributed by atoms with Crippen molar-refractivity contribution in [2.24, 2.45) is 11.8 Å². The molecule has 118 valence electrons. The lowest BCUT2D eigenvalue weighted by Gasteiger charge is -2.35. The zero-order valence-corrected chi connectivity index (χ0v) is 12.6. The van der Waals surface area contributed by atoms with Crippen molar-refractivity contribution in [3.63, 3.8) is 0 Å². The average Bonchev–Trinajstić information content (AvgIpc) is 2.45. The number of halogens is 3. The fourth-order valence-electron chi connectivity index (χ4n) is 3.22. The minimum Gasteiger partial charge on any atom is -0.310 e. The van der Waals surface area contributed by atoms with Crippen molar-refractivity contribution in [3.05, 3.63) is 29.6 Å². The molecular weight excluding hydrogens is 277 g/mol. The van der Waals surface area contributed by atoms with Gasteiger partial charge in [-0.3, -0.25) is 4.98 Å². The fraction of sp³-hybridized carbons (Fsp3) is 0.688. The predicted octanol–water partition coefficient (Wildman–Crippen LogP) is 4.41. The standard InChI is InChI=1S/C16H23F3N2/c1-3-20-15(13-5-4-11(2)21-10-13)12-6-8-14(9-7-12)16(17,18)19/h4-5,10,12,14-15,20H,3,6-9H2,1-2H3. The van der Waals surface area contributed by atoms with E-state index in [1.54, 1.807) is 0 Å². The molecule has 2 nitrogen and oxygen atoms in total. The lowest BCUT2D eigenvalue weighted by molar-refractivity contribution is -0.184. The molecule has 21 heavy (non-hydrogen) atoms. The number of aryl methyl sites for hydroxylation is 1. The Morgan fingerprint density at radius 3 is 2.38 bits per heavy atom. The minimum atomic E-state index is -4.04. The van der Waals surface area contributed by atoms with Gasteiger partial charge >= 0.3 is 6.18 Å². The lowest BCUT2D eigenvalue weighted by atomic mass is 9.76. The van der Waals surface area contributed by atoms with Gasteiger partial charge < -0.3 is 5.32 Å². The molecule has 1 aliphatic rings. The lowest BCUT2D eigenvalue weighted by Crippen LogP contribution is -2.34. The van der Waals surface area contributed by atoms with Crippen LogP contribution < -0.4 is 5.32 Å². The molecule has 1 aliphatic carbocycles. The first-order valence-corrected chi connectivity index (χ1v) is 7.64. The highest BCUT2D eigenvalue weighted by molar-refractivity contribution is 5.18. The van der Waals surface area contributed by atoms with E-state index in [1.165, 1.54) is 0 Å². The molecule has 1 heterocycles. The van der Waals surface area contributed by atoms with Crippen molar-refractivity contribution in [2.45, 2.75) is 51.7 Å². The maximum atomic E-state index is 12.8. The zero-order valence-electron chi connectivity index (χ0n) is 12.6. The van der Waals surface area contributed by atoms with E-state index in [0.29, 0.717) is 12.8 Å². The molecule has 2 rings (SSSR count). The van der Waals surface area contributed by atoms with Gasteiger partial charge in [-0.2, -0.15) is 13.2 Å². The summed E-state index contributed by atoms with van der Waals surface area (Å²) in [5.41, 5.74) is 2.03. The van der Waals surface area contributed by atoms with Crippen LogP contribution in [0.4, 0.5) is 13.2 Å². The molecule has 1 aromatic heterocycles. The highest BCUT2D eigenvalue weighted by Gasteiger charge is 2.42. The van der Waals surface area contributed by atoms with Gasteiger partial charge in [-0.05, 0) is 56.7 Å². The van der Waals surface area contributed by atoms with E-state index >= 15 is 0 Å². The normalized spacial score (nSPS) is 24.8. The molecular formula is C16H23F3N2. The third-order valence-corrected chi connectivity index (χ3v) is 4.42. The Morgan fingerprint density at radius 1 is 1.24 bits per heavy atom. The number of nitrogens with zero attached hydrogens (tertiary/aromatic N) is 1. The molecule has 1 saturated carbocycles. The largest absolute Gasteiger partial charge is 0.391 e. The van der Waals surface area contributed by atoms with E-state index in [0.717, 1.165) is 17.8 Å². The third-order valence-electron chi connectivity index (χ3n) is 4.42. The van der Waals surface area contributed by atoms with E-state index in [1.807, 2.05) is 32.2 Å². The van der Waals surface area contributed by atoms with Crippen molar-refractivity contribution in [1.29, 1.82) is 0 Å². The van der Waals surface area contributed by atoms with E-state index < -0.39 is 12.1 Å². The van der Waals surface area contributed by atoms with Crippen molar-refractivity contribution in [1.82, 2.24) is 10.3 Å². The summed E-state index contributed by atoms with van der Waals surface area (Å²) in [5, 5.41) is 3.42. The van der Waals surface area contributed by atoms with Crippen molar-refractivity contribution >= 4 is 0 Å². The smallest absolute Gasteiger partial charge is 0.310 e. The Hall–Kier alpha value is -1.10. The maximum absolute atomic E-state index is 12.8. The molecule has 0 aromatic carbocycles. The van der Waals surface area contributed by atoms with Gasteiger partial charge in [0.2, 0.25) is 0 Å². The van der Waals surface area contributed by atoms with Crippen LogP contribution in [-0.2, 0) is 0 Å². The van der Waals surface area contributed by atoms with Gasteiger partial charge in [0, 0.05) is 17.9 Å². The van der Waals surface area contributed by atoms with Crippen LogP contribution in [0.1, 0.15) is 49.9 Å². The molecule has 0 bridgehead atoms. The second-order valence-electron chi connectivity index (χ2n) is 5.92. The van der Waals surface area contributed by atoms with Crippen molar-refractivity contribution in [2.75, 3.05) is 6.54 Å². The van der Waals surface area contributed by atoms with Gasteiger partial charge in [0.25, 0.3) is 0 Å². The first-order chi connectivity index (χ1) is 9.91. The number of hydrogen-bond donors (Lipinski definition) is 1. The number of aromatic nitrogens is 1. The summed E-state index contributed by atoms with van der Waals surface area (Å²) in [7, 11) is 0. The second kappa shape index (κ2) is 6.77. The maximum Gasteiger partial charge on any atom is 0.391 e. The van der Waals surface area contributed by atoms with E-state index in [4.69, 9.17) is 0 Å². The number of pyridine rings is 1. The fourth-order valence-corrected chi connectivity index (χ4v) is 3.22. The summed E-state index contributed by atoms with van der Waals surface area (Å²) >= 11 is 0. The van der Waals surface area contributed by atoms with Gasteiger partial charge in [-0.15, -0.1) is 0 Å². The van der Waals surface area contributed by atoms with Crippen LogP contribution in [0, 0.1) is 18.8 Å². The zero-order chi connectivity index (χ0) is 15.5. The summed E-state index contributed by atoms with van der Waals surface area (Å²) in [4.78, 5) is 4.31. The third kappa shape index (κ3) is 4.19. The molecule has 0 spiro atoms. The predicted molar refractivity (Wildman–Crippen MR) is 76.9 cm³/mol. The SMILES string of the molecule is CCNC(c1ccc(C)nc1)C1CCC(C(F)(F)F)CC1. The summed E-state index contributed by atoms with van der Waals surface area (Å²) in [6, 6.07) is 4.10. The number of hydrogen-bond acceptors (Lipinski definition) is 2. The monoisotopic (exact) mass is 300 g/mol. The molecule has 1 unspecified atom stereocenters. The Kier molecular flexibility index (Phi) is 5.25. The summed E-state index contributed by atoms with van der Waals surface area (Å²) < 4.78 is 38.3. The highest BCUT2D eigenvalue weighted by Crippen LogP contribution is 2.43. The molecule has 1 N–H and O–H groups in total. The first-order valence-electron chi connectivity index (χ1n) is 7.64. The molecule has 0 radical (unpaired) electrons. The topological polar surface area (TPSA) is 24.9 Å². The highest BCUT2D eigenvalue weighted by atomic mass is 19.4. The van der Waals surface area contributed by atoms with Crippen LogP contribution in [0.25, 0.3) is 0 Å². The van der Waals surface area contributed by atoms with Gasteiger partial charge in [0.05, 0.1) is 5.92 Å². The Balaban J connectivity index is 2.05. The van der Waals surface area contributed by atoms with Gasteiger partial charge in [0.15, 0.2) is 0 Å². The second-order valence-corrected chi connectivity index (χ2v) is 5.92. The van der Waals surface area contributed by atoms with Gasteiger partial charge in [-0.1, -0.05) is 13.0 Å². The van der Waals surface area contributed by atoms with E-state index in [9.17, 15) is 13.2 Å². The van der Waals surface area contributed by atoms with Gasteiger partial charge in [-0.25, -0.2) is 0 Å². The van der Waals surface area contributed by atoms with Crippen molar-refractivity contribution < 1.29 is 13.2 Å². The van der Waals surface area contributed by atoms with Crippen LogP contribution in [0.5, 0.6) is 0 Å². The molecule has 0 saturated heterocycles. The summed E-state index contributed by atoms with van der Waals surface area (Å²) in [5.74, 6) is -0.861. The first kappa shape index (κ1) is 16.3. The van der Waals surface area contributed by atoms with Crippen LogP contribution >= 0.6 is 0 Å². The van der Waals surface area contributed by atoms with Crippen LogP contribution in [0.2, 0.25) is 0 Å². The molecule has 0 amide bonds. The number of alkyl halides is 3. The molecule has 1 aromatic rings. The Bertz CT molecular complexity index is 434. The Morgan fingerprint density at radius 2 is 1.90 bits per heavy atom. The van der Waals surface area contributed by atoms with Crippen LogP contribution in [-0.4, -0.2) is 17.7 Å². The van der Waals surface area contributed by atoms with Crippen LogP contribution in [0.3, 0.4) is 0 Å². The minimum absolute atomic E-state index is 0.109. The number of rotatable bonds is 4.